The zero-order chi connectivity index (χ0) is 16.5. The van der Waals surface area contributed by atoms with Crippen LogP contribution in [0.4, 0.5) is 0 Å². The van der Waals surface area contributed by atoms with Crippen LogP contribution in [0.15, 0.2) is 35.0 Å². The van der Waals surface area contributed by atoms with Crippen LogP contribution >= 0.6 is 0 Å². The molecule has 1 aromatic carbocycles. The molecule has 0 amide bonds. The zero-order valence-electron chi connectivity index (χ0n) is 13.0. The quantitative estimate of drug-likeness (QED) is 0.664. The van der Waals surface area contributed by atoms with Gasteiger partial charge in [-0.25, -0.2) is 4.79 Å². The Morgan fingerprint density at radius 1 is 1.29 bits per heavy atom. The molecule has 1 fully saturated rings. The summed E-state index contributed by atoms with van der Waals surface area (Å²) in [6.07, 6.45) is 3.90. The first-order chi connectivity index (χ1) is 11.7. The summed E-state index contributed by atoms with van der Waals surface area (Å²) >= 11 is 0. The number of aromatic nitrogens is 5. The fourth-order valence-electron chi connectivity index (χ4n) is 2.49. The molecule has 0 spiro atoms. The third kappa shape index (κ3) is 2.78. The average molecular weight is 325 g/mol. The van der Waals surface area contributed by atoms with Gasteiger partial charge in [-0.05, 0) is 25.0 Å². The molecule has 1 aliphatic rings. The van der Waals surface area contributed by atoms with Gasteiger partial charge in [-0.2, -0.15) is 0 Å². The summed E-state index contributed by atoms with van der Waals surface area (Å²) < 4.78 is 12.8. The smallest absolute Gasteiger partial charge is 0.339 e. The van der Waals surface area contributed by atoms with Crippen LogP contribution < -0.4 is 0 Å². The Labute approximate surface area is 137 Å². The number of esters is 1. The van der Waals surface area contributed by atoms with Gasteiger partial charge in [-0.15, -0.1) is 20.4 Å². The van der Waals surface area contributed by atoms with Crippen molar-refractivity contribution < 1.29 is 13.9 Å². The molecule has 0 radical (unpaired) electrons. The summed E-state index contributed by atoms with van der Waals surface area (Å²) in [6, 6.07) is 7.41. The lowest BCUT2D eigenvalue weighted by atomic mass is 10.1. The van der Waals surface area contributed by atoms with Crippen LogP contribution in [0, 0.1) is 6.92 Å². The van der Waals surface area contributed by atoms with Gasteiger partial charge in [0.1, 0.15) is 6.33 Å². The van der Waals surface area contributed by atoms with E-state index in [-0.39, 0.29) is 6.61 Å². The molecule has 3 aromatic rings. The van der Waals surface area contributed by atoms with E-state index in [4.69, 9.17) is 9.15 Å². The van der Waals surface area contributed by atoms with E-state index in [1.54, 1.807) is 37.5 Å². The Morgan fingerprint density at radius 3 is 2.88 bits per heavy atom. The van der Waals surface area contributed by atoms with Crippen LogP contribution in [0.5, 0.6) is 0 Å². The van der Waals surface area contributed by atoms with Gasteiger partial charge in [0.05, 0.1) is 11.1 Å². The number of hydrogen-bond acceptors (Lipinski definition) is 7. The Hall–Kier alpha value is -3.03. The van der Waals surface area contributed by atoms with E-state index in [9.17, 15) is 4.79 Å². The van der Waals surface area contributed by atoms with Crippen molar-refractivity contribution in [2.45, 2.75) is 32.4 Å². The highest BCUT2D eigenvalue weighted by Crippen LogP contribution is 2.35. The zero-order valence-corrected chi connectivity index (χ0v) is 13.0. The van der Waals surface area contributed by atoms with Gasteiger partial charge in [0.25, 0.3) is 0 Å². The molecule has 1 aliphatic carbocycles. The molecule has 2 heterocycles. The number of aryl methyl sites for hydroxylation is 1. The highest BCUT2D eigenvalue weighted by atomic mass is 16.5. The van der Waals surface area contributed by atoms with Crippen molar-refractivity contribution in [3.05, 3.63) is 47.9 Å². The molecular formula is C16H15N5O3. The second-order valence-electron chi connectivity index (χ2n) is 5.63. The fourth-order valence-corrected chi connectivity index (χ4v) is 2.49. The summed E-state index contributed by atoms with van der Waals surface area (Å²) in [4.78, 5) is 12.5. The van der Waals surface area contributed by atoms with Gasteiger partial charge in [-0.3, -0.25) is 0 Å². The Morgan fingerprint density at radius 2 is 2.12 bits per heavy atom. The van der Waals surface area contributed by atoms with Gasteiger partial charge < -0.3 is 13.7 Å². The number of ether oxygens (including phenoxy) is 1. The standard InChI is InChI=1S/C16H15N5O3/c1-10-18-20-15(24-10)12-4-2-3-5-13(12)16(22)23-8-14-19-17-9-21(14)11-6-7-11/h2-5,9,11H,6-8H2,1H3. The van der Waals surface area contributed by atoms with Gasteiger partial charge in [0, 0.05) is 13.0 Å². The predicted octanol–water partition coefficient (Wildman–Crippen LogP) is 2.33. The molecule has 0 atom stereocenters. The molecule has 24 heavy (non-hydrogen) atoms. The highest BCUT2D eigenvalue weighted by Gasteiger charge is 2.26. The molecule has 4 rings (SSSR count). The van der Waals surface area contributed by atoms with Gasteiger partial charge in [0.15, 0.2) is 12.4 Å². The van der Waals surface area contributed by atoms with E-state index in [1.807, 2.05) is 4.57 Å². The summed E-state index contributed by atoms with van der Waals surface area (Å²) in [6.45, 7) is 1.77. The fraction of sp³-hybridized carbons (Fsp3) is 0.312. The summed E-state index contributed by atoms with van der Waals surface area (Å²) in [7, 11) is 0. The lowest BCUT2D eigenvalue weighted by Crippen LogP contribution is -2.10. The summed E-state index contributed by atoms with van der Waals surface area (Å²) in [5.74, 6) is 0.913. The maximum atomic E-state index is 12.5. The van der Waals surface area contributed by atoms with Gasteiger partial charge in [-0.1, -0.05) is 12.1 Å². The molecule has 0 unspecified atom stereocenters. The number of carbonyl (C=O) groups excluding carboxylic acids is 1. The predicted molar refractivity (Wildman–Crippen MR) is 81.9 cm³/mol. The lowest BCUT2D eigenvalue weighted by Gasteiger charge is -2.08. The summed E-state index contributed by atoms with van der Waals surface area (Å²) in [5, 5.41) is 15.7. The minimum atomic E-state index is -0.466. The molecule has 2 aromatic heterocycles. The highest BCUT2D eigenvalue weighted by molar-refractivity contribution is 5.96. The molecule has 1 saturated carbocycles. The second kappa shape index (κ2) is 5.88. The van der Waals surface area contributed by atoms with Crippen molar-refractivity contribution in [1.29, 1.82) is 0 Å². The molecular weight excluding hydrogens is 310 g/mol. The van der Waals surface area contributed by atoms with Crippen molar-refractivity contribution in [2.24, 2.45) is 0 Å². The van der Waals surface area contributed by atoms with E-state index >= 15 is 0 Å². The van der Waals surface area contributed by atoms with Crippen LogP contribution in [0.2, 0.25) is 0 Å². The number of benzene rings is 1. The van der Waals surface area contributed by atoms with Crippen molar-refractivity contribution in [3.8, 4) is 11.5 Å². The largest absolute Gasteiger partial charge is 0.454 e. The van der Waals surface area contributed by atoms with Gasteiger partial charge in [0.2, 0.25) is 11.8 Å². The average Bonchev–Trinajstić information content (AvgIpc) is 3.18. The van der Waals surface area contributed by atoms with Crippen molar-refractivity contribution in [2.75, 3.05) is 0 Å². The SMILES string of the molecule is Cc1nnc(-c2ccccc2C(=O)OCc2nncn2C2CC2)o1. The lowest BCUT2D eigenvalue weighted by molar-refractivity contribution is 0.0458. The summed E-state index contributed by atoms with van der Waals surface area (Å²) in [5.41, 5.74) is 0.922. The third-order valence-electron chi connectivity index (χ3n) is 3.82. The molecule has 8 heteroatoms. The molecule has 0 bridgehead atoms. The van der Waals surface area contributed by atoms with Crippen molar-refractivity contribution in [1.82, 2.24) is 25.0 Å². The normalized spacial score (nSPS) is 13.9. The first-order valence-electron chi connectivity index (χ1n) is 7.67. The number of hydrogen-bond donors (Lipinski definition) is 0. The Bertz CT molecular complexity index is 881. The first-order valence-corrected chi connectivity index (χ1v) is 7.67. The minimum absolute atomic E-state index is 0.0759. The molecule has 8 nitrogen and oxygen atoms in total. The number of rotatable bonds is 5. The Balaban J connectivity index is 1.53. The minimum Gasteiger partial charge on any atom is -0.454 e. The maximum absolute atomic E-state index is 12.5. The Kier molecular flexibility index (Phi) is 3.56. The van der Waals surface area contributed by atoms with Crippen molar-refractivity contribution in [3.63, 3.8) is 0 Å². The van der Waals surface area contributed by atoms with Crippen LogP contribution in [0.25, 0.3) is 11.5 Å². The molecule has 0 N–H and O–H groups in total. The monoisotopic (exact) mass is 325 g/mol. The van der Waals surface area contributed by atoms with Crippen LogP contribution in [0.1, 0.15) is 41.0 Å². The van der Waals surface area contributed by atoms with E-state index in [2.05, 4.69) is 20.4 Å². The van der Waals surface area contributed by atoms with Crippen LogP contribution in [-0.4, -0.2) is 30.9 Å². The van der Waals surface area contributed by atoms with Crippen LogP contribution in [-0.2, 0) is 11.3 Å². The third-order valence-corrected chi connectivity index (χ3v) is 3.82. The molecule has 0 aliphatic heterocycles. The molecule has 122 valence electrons. The van der Waals surface area contributed by atoms with Crippen molar-refractivity contribution >= 4 is 5.97 Å². The van der Waals surface area contributed by atoms with Gasteiger partial charge >= 0.3 is 5.97 Å². The maximum Gasteiger partial charge on any atom is 0.339 e. The van der Waals surface area contributed by atoms with Crippen LogP contribution in [0.3, 0.4) is 0 Å². The molecule has 0 saturated heterocycles. The van der Waals surface area contributed by atoms with E-state index in [0.29, 0.717) is 34.8 Å². The number of nitrogens with zero attached hydrogens (tertiary/aromatic N) is 5. The first kappa shape index (κ1) is 14.6. The van der Waals surface area contributed by atoms with E-state index < -0.39 is 5.97 Å². The van der Waals surface area contributed by atoms with E-state index in [1.165, 1.54) is 0 Å². The van der Waals surface area contributed by atoms with E-state index in [0.717, 1.165) is 12.8 Å². The number of carbonyl (C=O) groups is 1. The topological polar surface area (TPSA) is 95.9 Å². The second-order valence-corrected chi connectivity index (χ2v) is 5.63.